The third-order valence-corrected chi connectivity index (χ3v) is 4.03. The van der Waals surface area contributed by atoms with Gasteiger partial charge in [-0.15, -0.1) is 0 Å². The van der Waals surface area contributed by atoms with Crippen LogP contribution in [0.15, 0.2) is 47.4 Å². The van der Waals surface area contributed by atoms with Gasteiger partial charge in [0.1, 0.15) is 5.75 Å². The Morgan fingerprint density at radius 3 is 2.59 bits per heavy atom. The molecular formula is C16H18N2O3S. The molecule has 0 saturated heterocycles. The molecule has 1 atom stereocenters. The van der Waals surface area contributed by atoms with Crippen LogP contribution in [0.1, 0.15) is 5.56 Å². The first-order valence-corrected chi connectivity index (χ1v) is 8.21. The molecule has 2 aromatic rings. The SMILES string of the molecule is COc1ccc(C)c(NC(=O)Nc2cccc([S@](C)=O)c2)c1. The summed E-state index contributed by atoms with van der Waals surface area (Å²) in [5, 5.41) is 5.50. The largest absolute Gasteiger partial charge is 0.497 e. The number of amides is 2. The summed E-state index contributed by atoms with van der Waals surface area (Å²) in [6.45, 7) is 1.90. The summed E-state index contributed by atoms with van der Waals surface area (Å²) in [6.07, 6.45) is 1.60. The van der Waals surface area contributed by atoms with Gasteiger partial charge in [0.25, 0.3) is 0 Å². The van der Waals surface area contributed by atoms with E-state index in [1.165, 1.54) is 0 Å². The van der Waals surface area contributed by atoms with Crippen LogP contribution in [0.4, 0.5) is 16.2 Å². The van der Waals surface area contributed by atoms with Crippen LogP contribution in [-0.4, -0.2) is 23.6 Å². The van der Waals surface area contributed by atoms with Crippen LogP contribution in [0.5, 0.6) is 5.75 Å². The summed E-state index contributed by atoms with van der Waals surface area (Å²) in [5.74, 6) is 0.671. The first kappa shape index (κ1) is 16.0. The van der Waals surface area contributed by atoms with Gasteiger partial charge in [-0.2, -0.15) is 0 Å². The molecule has 2 rings (SSSR count). The molecule has 0 aliphatic carbocycles. The maximum absolute atomic E-state index is 12.1. The number of hydrogen-bond donors (Lipinski definition) is 2. The molecule has 116 valence electrons. The lowest BCUT2D eigenvalue weighted by atomic mass is 10.2. The summed E-state index contributed by atoms with van der Waals surface area (Å²) in [4.78, 5) is 12.7. The van der Waals surface area contributed by atoms with E-state index in [9.17, 15) is 9.00 Å². The first-order chi connectivity index (χ1) is 10.5. The van der Waals surface area contributed by atoms with Crippen molar-refractivity contribution in [2.75, 3.05) is 24.0 Å². The van der Waals surface area contributed by atoms with Crippen molar-refractivity contribution in [3.63, 3.8) is 0 Å². The minimum Gasteiger partial charge on any atom is -0.497 e. The molecule has 0 saturated carbocycles. The lowest BCUT2D eigenvalue weighted by molar-refractivity contribution is 0.262. The molecule has 0 unspecified atom stereocenters. The van der Waals surface area contributed by atoms with Gasteiger partial charge in [0, 0.05) is 39.4 Å². The lowest BCUT2D eigenvalue weighted by Gasteiger charge is -2.11. The molecule has 2 amide bonds. The van der Waals surface area contributed by atoms with Crippen LogP contribution in [0.2, 0.25) is 0 Å². The number of anilines is 2. The van der Waals surface area contributed by atoms with Crippen molar-refractivity contribution in [3.05, 3.63) is 48.0 Å². The molecule has 0 spiro atoms. The van der Waals surface area contributed by atoms with E-state index in [4.69, 9.17) is 4.74 Å². The summed E-state index contributed by atoms with van der Waals surface area (Å²) in [7, 11) is 0.486. The third-order valence-electron chi connectivity index (χ3n) is 3.12. The second-order valence-corrected chi connectivity index (χ2v) is 6.12. The lowest BCUT2D eigenvalue weighted by Crippen LogP contribution is -2.20. The average molecular weight is 318 g/mol. The maximum atomic E-state index is 12.1. The van der Waals surface area contributed by atoms with Crippen LogP contribution < -0.4 is 15.4 Å². The van der Waals surface area contributed by atoms with Gasteiger partial charge in [-0.05, 0) is 36.8 Å². The van der Waals surface area contributed by atoms with E-state index >= 15 is 0 Å². The minimum atomic E-state index is -1.09. The van der Waals surface area contributed by atoms with E-state index in [0.29, 0.717) is 22.0 Å². The Bertz CT molecular complexity index is 716. The number of carbonyl (C=O) groups excluding carboxylic acids is 1. The van der Waals surface area contributed by atoms with E-state index in [1.54, 1.807) is 43.7 Å². The van der Waals surface area contributed by atoms with Gasteiger partial charge in [-0.1, -0.05) is 12.1 Å². The first-order valence-electron chi connectivity index (χ1n) is 6.65. The number of ether oxygens (including phenoxy) is 1. The fraction of sp³-hybridized carbons (Fsp3) is 0.188. The molecular weight excluding hydrogens is 300 g/mol. The molecule has 0 fully saturated rings. The van der Waals surface area contributed by atoms with Crippen LogP contribution in [0.3, 0.4) is 0 Å². The van der Waals surface area contributed by atoms with Crippen molar-refractivity contribution >= 4 is 28.2 Å². The Kier molecular flexibility index (Phi) is 5.16. The van der Waals surface area contributed by atoms with E-state index in [-0.39, 0.29) is 6.03 Å². The zero-order chi connectivity index (χ0) is 16.1. The second-order valence-electron chi connectivity index (χ2n) is 4.74. The molecule has 0 aromatic heterocycles. The second kappa shape index (κ2) is 7.09. The number of aryl methyl sites for hydroxylation is 1. The van der Waals surface area contributed by atoms with E-state index in [1.807, 2.05) is 19.1 Å². The van der Waals surface area contributed by atoms with Gasteiger partial charge >= 0.3 is 6.03 Å². The molecule has 0 bridgehead atoms. The topological polar surface area (TPSA) is 67.4 Å². The standard InChI is InChI=1S/C16H18N2O3S/c1-11-7-8-13(21-2)10-15(11)18-16(19)17-12-5-4-6-14(9-12)22(3)20/h4-10H,1-3H3,(H2,17,18,19)/t22-/m0/s1. The number of carbonyl (C=O) groups is 1. The number of benzene rings is 2. The van der Waals surface area contributed by atoms with Crippen molar-refractivity contribution in [2.45, 2.75) is 11.8 Å². The van der Waals surface area contributed by atoms with E-state index in [0.717, 1.165) is 5.56 Å². The predicted molar refractivity (Wildman–Crippen MR) is 89.1 cm³/mol. The van der Waals surface area contributed by atoms with Gasteiger partial charge < -0.3 is 15.4 Å². The van der Waals surface area contributed by atoms with Crippen LogP contribution in [0, 0.1) is 6.92 Å². The van der Waals surface area contributed by atoms with Gasteiger partial charge in [0.2, 0.25) is 0 Å². The van der Waals surface area contributed by atoms with Crippen molar-refractivity contribution in [2.24, 2.45) is 0 Å². The molecule has 0 aliphatic rings. The molecule has 0 aliphatic heterocycles. The highest BCUT2D eigenvalue weighted by Gasteiger charge is 2.07. The van der Waals surface area contributed by atoms with E-state index in [2.05, 4.69) is 10.6 Å². The highest BCUT2D eigenvalue weighted by molar-refractivity contribution is 7.84. The summed E-state index contributed by atoms with van der Waals surface area (Å²) in [6, 6.07) is 12.0. The van der Waals surface area contributed by atoms with Gasteiger partial charge in [0.05, 0.1) is 7.11 Å². The molecule has 2 N–H and O–H groups in total. The highest BCUT2D eigenvalue weighted by Crippen LogP contribution is 2.22. The fourth-order valence-electron chi connectivity index (χ4n) is 1.90. The molecule has 22 heavy (non-hydrogen) atoms. The number of rotatable bonds is 4. The Morgan fingerprint density at radius 1 is 1.14 bits per heavy atom. The van der Waals surface area contributed by atoms with Gasteiger partial charge in [0.15, 0.2) is 0 Å². The summed E-state index contributed by atoms with van der Waals surface area (Å²) in [5.41, 5.74) is 2.19. The Morgan fingerprint density at radius 2 is 1.91 bits per heavy atom. The predicted octanol–water partition coefficient (Wildman–Crippen LogP) is 3.39. The quantitative estimate of drug-likeness (QED) is 0.908. The minimum absolute atomic E-state index is 0.365. The molecule has 2 aromatic carbocycles. The molecule has 6 heteroatoms. The molecule has 0 heterocycles. The van der Waals surface area contributed by atoms with Crippen molar-refractivity contribution in [1.29, 1.82) is 0 Å². The highest BCUT2D eigenvalue weighted by atomic mass is 32.2. The maximum Gasteiger partial charge on any atom is 0.323 e. The average Bonchev–Trinajstić information content (AvgIpc) is 2.49. The summed E-state index contributed by atoms with van der Waals surface area (Å²) >= 11 is 0. The van der Waals surface area contributed by atoms with Crippen LogP contribution in [0.25, 0.3) is 0 Å². The van der Waals surface area contributed by atoms with Crippen molar-refractivity contribution in [3.8, 4) is 5.75 Å². The van der Waals surface area contributed by atoms with Gasteiger partial charge in [-0.3, -0.25) is 4.21 Å². The molecule has 5 nitrogen and oxygen atoms in total. The third kappa shape index (κ3) is 4.08. The smallest absolute Gasteiger partial charge is 0.323 e. The number of hydrogen-bond acceptors (Lipinski definition) is 3. The molecule has 0 radical (unpaired) electrons. The van der Waals surface area contributed by atoms with Crippen molar-refractivity contribution < 1.29 is 13.7 Å². The number of nitrogens with one attached hydrogen (secondary N) is 2. The Balaban J connectivity index is 2.10. The van der Waals surface area contributed by atoms with Crippen molar-refractivity contribution in [1.82, 2.24) is 0 Å². The van der Waals surface area contributed by atoms with Crippen LogP contribution >= 0.6 is 0 Å². The normalized spacial score (nSPS) is 11.6. The number of urea groups is 1. The van der Waals surface area contributed by atoms with Crippen LogP contribution in [-0.2, 0) is 10.8 Å². The monoisotopic (exact) mass is 318 g/mol. The fourth-order valence-corrected chi connectivity index (χ4v) is 2.46. The van der Waals surface area contributed by atoms with Gasteiger partial charge in [-0.25, -0.2) is 4.79 Å². The Hall–Kier alpha value is -2.34. The van der Waals surface area contributed by atoms with E-state index < -0.39 is 10.8 Å². The Labute approximate surface area is 132 Å². The number of methoxy groups -OCH3 is 1. The summed E-state index contributed by atoms with van der Waals surface area (Å²) < 4.78 is 16.6. The zero-order valence-electron chi connectivity index (χ0n) is 12.7. The zero-order valence-corrected chi connectivity index (χ0v) is 13.5.